The Kier molecular flexibility index (Phi) is 5.05. The molecule has 0 radical (unpaired) electrons. The minimum absolute atomic E-state index is 0.281. The van der Waals surface area contributed by atoms with Gasteiger partial charge >= 0.3 is 0 Å². The van der Waals surface area contributed by atoms with Crippen molar-refractivity contribution >= 4 is 15.5 Å². The fourth-order valence-electron chi connectivity index (χ4n) is 2.66. The van der Waals surface area contributed by atoms with Crippen molar-refractivity contribution in [3.63, 3.8) is 0 Å². The van der Waals surface area contributed by atoms with E-state index in [1.807, 2.05) is 12.1 Å². The second-order valence-corrected chi connectivity index (χ2v) is 7.40. The molecule has 1 aromatic carbocycles. The third-order valence-electron chi connectivity index (χ3n) is 3.62. The molecule has 0 spiro atoms. The van der Waals surface area contributed by atoms with Gasteiger partial charge in [0.2, 0.25) is 0 Å². The zero-order valence-electron chi connectivity index (χ0n) is 12.1. The molecule has 2 rings (SSSR count). The summed E-state index contributed by atoms with van der Waals surface area (Å²) in [5.74, 6) is 0. The lowest BCUT2D eigenvalue weighted by Gasteiger charge is -2.31. The van der Waals surface area contributed by atoms with Crippen molar-refractivity contribution in [2.24, 2.45) is 0 Å². The van der Waals surface area contributed by atoms with E-state index in [0.29, 0.717) is 10.6 Å². The molecule has 1 N–H and O–H groups in total. The molecule has 0 aromatic heterocycles. The van der Waals surface area contributed by atoms with Crippen LogP contribution in [0.5, 0.6) is 0 Å². The molecule has 1 aliphatic heterocycles. The lowest BCUT2D eigenvalue weighted by atomic mass is 10.00. The Morgan fingerprint density at radius 3 is 2.80 bits per heavy atom. The molecule has 1 saturated heterocycles. The van der Waals surface area contributed by atoms with Gasteiger partial charge in [-0.3, -0.25) is 0 Å². The highest BCUT2D eigenvalue weighted by Gasteiger charge is 2.23. The Morgan fingerprint density at radius 1 is 1.35 bits per heavy atom. The van der Waals surface area contributed by atoms with E-state index < -0.39 is 9.84 Å². The first-order valence-electron chi connectivity index (χ1n) is 7.18. The zero-order chi connectivity index (χ0) is 14.6. The SMILES string of the molecule is CCCC1CC(Nc2ccccc2S(C)(=O)=O)CCO1. The van der Waals surface area contributed by atoms with Crippen LogP contribution in [0.4, 0.5) is 5.69 Å². The van der Waals surface area contributed by atoms with E-state index in [1.165, 1.54) is 6.26 Å². The topological polar surface area (TPSA) is 55.4 Å². The van der Waals surface area contributed by atoms with E-state index in [9.17, 15) is 8.42 Å². The number of benzene rings is 1. The molecular weight excluding hydrogens is 274 g/mol. The smallest absolute Gasteiger partial charge is 0.177 e. The van der Waals surface area contributed by atoms with Crippen LogP contribution in [0.15, 0.2) is 29.2 Å². The van der Waals surface area contributed by atoms with Crippen LogP contribution in [0.1, 0.15) is 32.6 Å². The molecule has 1 heterocycles. The molecule has 0 aliphatic carbocycles. The molecule has 112 valence electrons. The summed E-state index contributed by atoms with van der Waals surface area (Å²) in [5, 5.41) is 3.39. The highest BCUT2D eigenvalue weighted by molar-refractivity contribution is 7.90. The maximum Gasteiger partial charge on any atom is 0.177 e. The largest absolute Gasteiger partial charge is 0.381 e. The highest BCUT2D eigenvalue weighted by atomic mass is 32.2. The number of anilines is 1. The Morgan fingerprint density at radius 2 is 2.10 bits per heavy atom. The molecule has 1 aliphatic rings. The van der Waals surface area contributed by atoms with Crippen LogP contribution in [-0.2, 0) is 14.6 Å². The van der Waals surface area contributed by atoms with Gasteiger partial charge in [0.05, 0.1) is 16.7 Å². The monoisotopic (exact) mass is 297 g/mol. The van der Waals surface area contributed by atoms with Crippen LogP contribution in [0, 0.1) is 0 Å². The molecule has 2 atom stereocenters. The maximum atomic E-state index is 11.8. The van der Waals surface area contributed by atoms with Crippen LogP contribution in [0.3, 0.4) is 0 Å². The van der Waals surface area contributed by atoms with Gasteiger partial charge in [-0.15, -0.1) is 0 Å². The lowest BCUT2D eigenvalue weighted by Crippen LogP contribution is -2.34. The summed E-state index contributed by atoms with van der Waals surface area (Å²) in [7, 11) is -3.20. The molecule has 2 unspecified atom stereocenters. The molecule has 20 heavy (non-hydrogen) atoms. The summed E-state index contributed by atoms with van der Waals surface area (Å²) >= 11 is 0. The fourth-order valence-corrected chi connectivity index (χ4v) is 3.52. The van der Waals surface area contributed by atoms with Crippen molar-refractivity contribution in [1.29, 1.82) is 0 Å². The summed E-state index contributed by atoms with van der Waals surface area (Å²) < 4.78 is 29.3. The molecule has 1 fully saturated rings. The van der Waals surface area contributed by atoms with E-state index in [2.05, 4.69) is 12.2 Å². The molecular formula is C15H23NO3S. The second kappa shape index (κ2) is 6.59. The van der Waals surface area contributed by atoms with Crippen molar-refractivity contribution in [1.82, 2.24) is 0 Å². The maximum absolute atomic E-state index is 11.8. The first-order valence-corrected chi connectivity index (χ1v) is 9.07. The Bertz CT molecular complexity index is 540. The number of hydrogen-bond acceptors (Lipinski definition) is 4. The lowest BCUT2D eigenvalue weighted by molar-refractivity contribution is 0.00595. The van der Waals surface area contributed by atoms with Crippen molar-refractivity contribution in [2.75, 3.05) is 18.2 Å². The van der Waals surface area contributed by atoms with Crippen LogP contribution in [0.2, 0.25) is 0 Å². The van der Waals surface area contributed by atoms with Crippen molar-refractivity contribution in [2.45, 2.75) is 49.6 Å². The quantitative estimate of drug-likeness (QED) is 0.908. The van der Waals surface area contributed by atoms with Gasteiger partial charge in [0.1, 0.15) is 0 Å². The van der Waals surface area contributed by atoms with Gasteiger partial charge in [0.25, 0.3) is 0 Å². The molecule has 0 amide bonds. The number of sulfone groups is 1. The number of para-hydroxylation sites is 1. The third kappa shape index (κ3) is 3.96. The van der Waals surface area contributed by atoms with E-state index >= 15 is 0 Å². The van der Waals surface area contributed by atoms with E-state index in [-0.39, 0.29) is 12.1 Å². The van der Waals surface area contributed by atoms with Gasteiger partial charge in [-0.1, -0.05) is 25.5 Å². The number of ether oxygens (including phenoxy) is 1. The van der Waals surface area contributed by atoms with E-state index in [0.717, 1.165) is 32.3 Å². The molecule has 5 heteroatoms. The first kappa shape index (κ1) is 15.3. The predicted molar refractivity (Wildman–Crippen MR) is 80.8 cm³/mol. The standard InChI is InChI=1S/C15H23NO3S/c1-3-6-13-11-12(9-10-19-13)16-14-7-4-5-8-15(14)20(2,17)18/h4-5,7-8,12-13,16H,3,6,9-11H2,1-2H3. The number of rotatable bonds is 5. The van der Waals surface area contributed by atoms with Crippen molar-refractivity contribution < 1.29 is 13.2 Å². The van der Waals surface area contributed by atoms with Gasteiger partial charge in [-0.05, 0) is 31.4 Å². The van der Waals surface area contributed by atoms with Crippen LogP contribution in [-0.4, -0.2) is 33.4 Å². The molecule has 1 aromatic rings. The van der Waals surface area contributed by atoms with Gasteiger partial charge < -0.3 is 10.1 Å². The third-order valence-corrected chi connectivity index (χ3v) is 4.78. The second-order valence-electron chi connectivity index (χ2n) is 5.42. The molecule has 4 nitrogen and oxygen atoms in total. The average Bonchev–Trinajstić information content (AvgIpc) is 2.39. The summed E-state index contributed by atoms with van der Waals surface area (Å²) in [5.41, 5.74) is 0.706. The summed E-state index contributed by atoms with van der Waals surface area (Å²) in [4.78, 5) is 0.374. The Balaban J connectivity index is 2.10. The van der Waals surface area contributed by atoms with Crippen molar-refractivity contribution in [3.8, 4) is 0 Å². The summed E-state index contributed by atoms with van der Waals surface area (Å²) in [6.45, 7) is 2.89. The van der Waals surface area contributed by atoms with Gasteiger partial charge in [-0.25, -0.2) is 8.42 Å². The fraction of sp³-hybridized carbons (Fsp3) is 0.600. The molecule has 0 saturated carbocycles. The predicted octanol–water partition coefficient (Wildman–Crippen LogP) is 2.85. The Labute approximate surface area is 121 Å². The Hall–Kier alpha value is -1.07. The number of nitrogens with one attached hydrogen (secondary N) is 1. The summed E-state index contributed by atoms with van der Waals surface area (Å²) in [6, 6.07) is 7.38. The molecule has 0 bridgehead atoms. The zero-order valence-corrected chi connectivity index (χ0v) is 12.9. The minimum Gasteiger partial charge on any atom is -0.381 e. The van der Waals surface area contributed by atoms with E-state index in [1.54, 1.807) is 12.1 Å². The van der Waals surface area contributed by atoms with Crippen LogP contribution in [0.25, 0.3) is 0 Å². The van der Waals surface area contributed by atoms with E-state index in [4.69, 9.17) is 4.74 Å². The normalized spacial score (nSPS) is 23.5. The van der Waals surface area contributed by atoms with Gasteiger partial charge in [-0.2, -0.15) is 0 Å². The van der Waals surface area contributed by atoms with Gasteiger partial charge in [0, 0.05) is 18.9 Å². The van der Waals surface area contributed by atoms with Crippen molar-refractivity contribution in [3.05, 3.63) is 24.3 Å². The van der Waals surface area contributed by atoms with Crippen LogP contribution < -0.4 is 5.32 Å². The van der Waals surface area contributed by atoms with Gasteiger partial charge in [0.15, 0.2) is 9.84 Å². The van der Waals surface area contributed by atoms with Crippen LogP contribution >= 0.6 is 0 Å². The number of hydrogen-bond donors (Lipinski definition) is 1. The first-order chi connectivity index (χ1) is 9.50. The highest BCUT2D eigenvalue weighted by Crippen LogP contribution is 2.25. The summed E-state index contributed by atoms with van der Waals surface area (Å²) in [6.07, 6.45) is 5.56. The average molecular weight is 297 g/mol. The minimum atomic E-state index is -3.20.